The van der Waals surface area contributed by atoms with Crippen LogP contribution in [0.25, 0.3) is 0 Å². The van der Waals surface area contributed by atoms with E-state index < -0.39 is 11.9 Å². The monoisotopic (exact) mass is 426 g/mol. The summed E-state index contributed by atoms with van der Waals surface area (Å²) >= 11 is 1.62. The Bertz CT molecular complexity index is 991. The molecule has 1 aromatic carbocycles. The Morgan fingerprint density at radius 3 is 2.53 bits per heavy atom. The molecule has 2 heterocycles. The molecule has 3 aliphatic rings. The number of carbonyl (C=O) groups excluding carboxylic acids is 3. The number of thioether (sulfide) groups is 1. The number of fused-ring (bicyclic) bond motifs is 2. The fourth-order valence-electron chi connectivity index (χ4n) is 4.74. The predicted octanol–water partition coefficient (Wildman–Crippen LogP) is 3.01. The highest BCUT2D eigenvalue weighted by atomic mass is 32.2. The maximum atomic E-state index is 13.4. The number of methoxy groups -OCH3 is 1. The molecule has 0 saturated carbocycles. The topological polar surface area (TPSA) is 75.7 Å². The Labute approximate surface area is 180 Å². The minimum atomic E-state index is -0.609. The molecule has 1 atom stereocenters. The fourth-order valence-corrected chi connectivity index (χ4v) is 5.15. The van der Waals surface area contributed by atoms with Crippen LogP contribution in [-0.4, -0.2) is 49.0 Å². The van der Waals surface area contributed by atoms with Crippen molar-refractivity contribution in [2.45, 2.75) is 37.5 Å². The average Bonchev–Trinajstić information content (AvgIpc) is 2.72. The zero-order chi connectivity index (χ0) is 21.6. The molecule has 0 aromatic heterocycles. The van der Waals surface area contributed by atoms with Crippen molar-refractivity contribution in [3.8, 4) is 0 Å². The van der Waals surface area contributed by atoms with E-state index in [1.54, 1.807) is 11.8 Å². The number of nitrogens with one attached hydrogen (secondary N) is 1. The lowest BCUT2D eigenvalue weighted by molar-refractivity contribution is -0.137. The number of allylic oxidation sites excluding steroid dienone is 2. The molecule has 0 spiro atoms. The Balaban J connectivity index is 1.99. The van der Waals surface area contributed by atoms with E-state index in [1.165, 1.54) is 7.11 Å². The molecule has 1 aliphatic carbocycles. The Hall–Kier alpha value is -2.54. The molecular formula is C23H26N2O4S. The van der Waals surface area contributed by atoms with Crippen molar-refractivity contribution in [1.82, 2.24) is 10.2 Å². The molecule has 30 heavy (non-hydrogen) atoms. The Morgan fingerprint density at radius 1 is 1.20 bits per heavy atom. The fraction of sp³-hybridized carbons (Fsp3) is 0.435. The van der Waals surface area contributed by atoms with Gasteiger partial charge in [-0.3, -0.25) is 9.59 Å². The Kier molecular flexibility index (Phi) is 5.26. The quantitative estimate of drug-likeness (QED) is 0.592. The third-order valence-electron chi connectivity index (χ3n) is 6.02. The average molecular weight is 427 g/mol. The second-order valence-corrected chi connectivity index (χ2v) is 9.55. The van der Waals surface area contributed by atoms with Crippen molar-refractivity contribution < 1.29 is 19.1 Å². The largest absolute Gasteiger partial charge is 0.466 e. The number of rotatable bonds is 3. The van der Waals surface area contributed by atoms with Crippen LogP contribution in [0.15, 0.2) is 51.7 Å². The molecule has 0 unspecified atom stereocenters. The van der Waals surface area contributed by atoms with E-state index >= 15 is 0 Å². The third kappa shape index (κ3) is 3.35. The van der Waals surface area contributed by atoms with Crippen molar-refractivity contribution in [3.63, 3.8) is 0 Å². The maximum absolute atomic E-state index is 13.4. The molecule has 1 amide bonds. The van der Waals surface area contributed by atoms with Gasteiger partial charge >= 0.3 is 5.97 Å². The summed E-state index contributed by atoms with van der Waals surface area (Å²) in [5.41, 5.74) is 2.68. The summed E-state index contributed by atoms with van der Waals surface area (Å²) in [7, 11) is 1.31. The van der Waals surface area contributed by atoms with Crippen LogP contribution < -0.4 is 5.32 Å². The summed E-state index contributed by atoms with van der Waals surface area (Å²) in [5.74, 6) is -1.45. The predicted molar refractivity (Wildman–Crippen MR) is 115 cm³/mol. The lowest BCUT2D eigenvalue weighted by Gasteiger charge is -2.46. The standard InChI is InChI=1S/C23H26N2O4S/c1-23(2)11-15-18(16(26)12-23)17(13-5-7-14(30-4)8-6-13)19(22(28)29-3)20-21(27)24-9-10-25(15)20/h5-8,17H,9-12H2,1-4H3,(H,24,27)/t17-/m0/s1. The number of hydrogen-bond donors (Lipinski definition) is 1. The van der Waals surface area contributed by atoms with Gasteiger partial charge in [-0.25, -0.2) is 4.79 Å². The van der Waals surface area contributed by atoms with Crippen molar-refractivity contribution in [2.75, 3.05) is 26.5 Å². The van der Waals surface area contributed by atoms with Gasteiger partial charge in [0.25, 0.3) is 5.91 Å². The number of hydrogen-bond acceptors (Lipinski definition) is 6. The van der Waals surface area contributed by atoms with Gasteiger partial charge in [0.2, 0.25) is 0 Å². The number of piperazine rings is 1. The Morgan fingerprint density at radius 2 is 1.90 bits per heavy atom. The smallest absolute Gasteiger partial charge is 0.337 e. The molecule has 2 aliphatic heterocycles. The van der Waals surface area contributed by atoms with Crippen LogP contribution in [0.5, 0.6) is 0 Å². The lowest BCUT2D eigenvalue weighted by Crippen LogP contribution is -2.51. The number of esters is 1. The summed E-state index contributed by atoms with van der Waals surface area (Å²) in [4.78, 5) is 42.3. The normalized spacial score (nSPS) is 23.1. The van der Waals surface area contributed by atoms with Gasteiger partial charge in [0.05, 0.1) is 12.7 Å². The molecular weight excluding hydrogens is 400 g/mol. The first-order valence-electron chi connectivity index (χ1n) is 10.1. The van der Waals surface area contributed by atoms with Crippen molar-refractivity contribution in [3.05, 3.63) is 52.4 Å². The van der Waals surface area contributed by atoms with Gasteiger partial charge in [-0.1, -0.05) is 26.0 Å². The number of benzene rings is 1. The van der Waals surface area contributed by atoms with Crippen molar-refractivity contribution in [2.24, 2.45) is 5.41 Å². The van der Waals surface area contributed by atoms with E-state index in [0.29, 0.717) is 37.2 Å². The summed E-state index contributed by atoms with van der Waals surface area (Å²) in [6.45, 7) is 5.14. The highest BCUT2D eigenvalue weighted by Crippen LogP contribution is 2.50. The molecule has 1 fully saturated rings. The first-order chi connectivity index (χ1) is 14.3. The van der Waals surface area contributed by atoms with Crippen molar-refractivity contribution >= 4 is 29.4 Å². The first-order valence-corrected chi connectivity index (χ1v) is 11.3. The number of Topliss-reactive ketones (excluding diaryl/α,β-unsaturated/α-hetero) is 1. The number of amides is 1. The highest BCUT2D eigenvalue weighted by molar-refractivity contribution is 7.98. The summed E-state index contributed by atoms with van der Waals surface area (Å²) in [6.07, 6.45) is 3.09. The number of carbonyl (C=O) groups is 3. The van der Waals surface area contributed by atoms with Crippen LogP contribution in [0.3, 0.4) is 0 Å². The molecule has 0 radical (unpaired) electrons. The maximum Gasteiger partial charge on any atom is 0.337 e. The van der Waals surface area contributed by atoms with Gasteiger partial charge in [-0.05, 0) is 35.8 Å². The van der Waals surface area contributed by atoms with Crippen LogP contribution in [-0.2, 0) is 19.1 Å². The minimum absolute atomic E-state index is 0.0339. The van der Waals surface area contributed by atoms with Gasteiger partial charge in [-0.15, -0.1) is 11.8 Å². The number of nitrogens with zero attached hydrogens (tertiary/aromatic N) is 1. The number of ketones is 1. The van der Waals surface area contributed by atoms with Crippen molar-refractivity contribution in [1.29, 1.82) is 0 Å². The minimum Gasteiger partial charge on any atom is -0.466 e. The van der Waals surface area contributed by atoms with Crippen LogP contribution in [0.2, 0.25) is 0 Å². The molecule has 1 saturated heterocycles. The molecule has 7 heteroatoms. The van der Waals surface area contributed by atoms with Gasteiger partial charge in [0.15, 0.2) is 5.78 Å². The first kappa shape index (κ1) is 20.7. The van der Waals surface area contributed by atoms with Gasteiger partial charge in [0, 0.05) is 41.6 Å². The SMILES string of the molecule is COC(=O)C1=C2C(=O)NCCN2C2=C(C(=O)CC(C)(C)C2)[C@@H]1c1ccc(SC)cc1. The molecule has 6 nitrogen and oxygen atoms in total. The van der Waals surface area contributed by atoms with Crippen LogP contribution in [0.1, 0.15) is 38.2 Å². The number of ether oxygens (including phenoxy) is 1. The van der Waals surface area contributed by atoms with Crippen LogP contribution in [0, 0.1) is 5.41 Å². The van der Waals surface area contributed by atoms with E-state index in [0.717, 1.165) is 16.2 Å². The molecule has 1 aromatic rings. The van der Waals surface area contributed by atoms with E-state index in [9.17, 15) is 14.4 Å². The molecule has 4 rings (SSSR count). The highest BCUT2D eigenvalue weighted by Gasteiger charge is 2.48. The lowest BCUT2D eigenvalue weighted by atomic mass is 9.68. The van der Waals surface area contributed by atoms with E-state index in [1.807, 2.05) is 35.4 Å². The third-order valence-corrected chi connectivity index (χ3v) is 6.76. The summed E-state index contributed by atoms with van der Waals surface area (Å²) in [6, 6.07) is 7.83. The van der Waals surface area contributed by atoms with Gasteiger partial charge in [0.1, 0.15) is 5.70 Å². The van der Waals surface area contributed by atoms with E-state index in [2.05, 4.69) is 19.2 Å². The van der Waals surface area contributed by atoms with E-state index in [4.69, 9.17) is 4.74 Å². The van der Waals surface area contributed by atoms with Gasteiger partial charge in [-0.2, -0.15) is 0 Å². The van der Waals surface area contributed by atoms with Crippen LogP contribution in [0.4, 0.5) is 0 Å². The molecule has 1 N–H and O–H groups in total. The zero-order valence-corrected chi connectivity index (χ0v) is 18.5. The summed E-state index contributed by atoms with van der Waals surface area (Å²) < 4.78 is 5.10. The van der Waals surface area contributed by atoms with Gasteiger partial charge < -0.3 is 15.0 Å². The second kappa shape index (κ2) is 7.61. The zero-order valence-electron chi connectivity index (χ0n) is 17.7. The second-order valence-electron chi connectivity index (χ2n) is 8.67. The van der Waals surface area contributed by atoms with Crippen LogP contribution >= 0.6 is 11.8 Å². The molecule has 0 bridgehead atoms. The summed E-state index contributed by atoms with van der Waals surface area (Å²) in [5, 5.41) is 2.85. The van der Waals surface area contributed by atoms with E-state index in [-0.39, 0.29) is 22.7 Å². The molecule has 158 valence electrons.